The summed E-state index contributed by atoms with van der Waals surface area (Å²) in [6.07, 6.45) is 7.50. The third-order valence-electron chi connectivity index (χ3n) is 4.58. The molecule has 0 aromatic carbocycles. The summed E-state index contributed by atoms with van der Waals surface area (Å²) in [5.74, 6) is 1.92. The maximum Gasteiger partial charge on any atom is 0.195 e. The Morgan fingerprint density at radius 2 is 2.25 bits per heavy atom. The quantitative estimate of drug-likeness (QED) is 0.939. The zero-order valence-electron chi connectivity index (χ0n) is 12.6. The standard InChI is InChI=1S/C15H24N4S/c1-11-6-4-5-7-12(11)18(3)14-13(10-16-2)19-8-9-20-15(19)17-14/h8-9,11-12,16H,4-7,10H2,1-3H3. The fourth-order valence-electron chi connectivity index (χ4n) is 3.46. The van der Waals surface area contributed by atoms with Crippen molar-refractivity contribution in [2.45, 2.75) is 45.2 Å². The summed E-state index contributed by atoms with van der Waals surface area (Å²) in [5.41, 5.74) is 1.28. The van der Waals surface area contributed by atoms with Gasteiger partial charge in [0.2, 0.25) is 0 Å². The van der Waals surface area contributed by atoms with E-state index in [1.165, 1.54) is 31.4 Å². The number of aromatic nitrogens is 2. The minimum atomic E-state index is 0.629. The molecule has 3 rings (SSSR count). The topological polar surface area (TPSA) is 32.6 Å². The summed E-state index contributed by atoms with van der Waals surface area (Å²) in [6, 6.07) is 0.629. The van der Waals surface area contributed by atoms with E-state index in [1.54, 1.807) is 11.3 Å². The second kappa shape index (κ2) is 5.74. The van der Waals surface area contributed by atoms with Crippen LogP contribution in [-0.2, 0) is 6.54 Å². The fraction of sp³-hybridized carbons (Fsp3) is 0.667. The Labute approximate surface area is 124 Å². The average Bonchev–Trinajstić information content (AvgIpc) is 3.01. The Kier molecular flexibility index (Phi) is 3.98. The lowest BCUT2D eigenvalue weighted by Crippen LogP contribution is -2.39. The van der Waals surface area contributed by atoms with Gasteiger partial charge in [-0.05, 0) is 25.8 Å². The molecule has 2 atom stereocenters. The molecule has 0 bridgehead atoms. The van der Waals surface area contributed by atoms with Crippen LogP contribution in [0, 0.1) is 5.92 Å². The largest absolute Gasteiger partial charge is 0.355 e. The molecule has 20 heavy (non-hydrogen) atoms. The molecule has 0 radical (unpaired) electrons. The van der Waals surface area contributed by atoms with Crippen molar-refractivity contribution < 1.29 is 0 Å². The third kappa shape index (κ3) is 2.33. The highest BCUT2D eigenvalue weighted by Crippen LogP contribution is 2.32. The lowest BCUT2D eigenvalue weighted by atomic mass is 9.85. The van der Waals surface area contributed by atoms with Crippen molar-refractivity contribution in [3.8, 4) is 0 Å². The van der Waals surface area contributed by atoms with Crippen LogP contribution in [0.15, 0.2) is 11.6 Å². The van der Waals surface area contributed by atoms with Crippen LogP contribution in [-0.4, -0.2) is 29.5 Å². The van der Waals surface area contributed by atoms with Crippen molar-refractivity contribution >= 4 is 22.1 Å². The zero-order chi connectivity index (χ0) is 14.1. The fourth-order valence-corrected chi connectivity index (χ4v) is 4.19. The molecule has 1 saturated carbocycles. The number of hydrogen-bond acceptors (Lipinski definition) is 4. The van der Waals surface area contributed by atoms with Crippen LogP contribution in [0.5, 0.6) is 0 Å². The molecular weight excluding hydrogens is 268 g/mol. The van der Waals surface area contributed by atoms with Gasteiger partial charge in [0.05, 0.1) is 5.69 Å². The van der Waals surface area contributed by atoms with Crippen LogP contribution in [0.3, 0.4) is 0 Å². The Morgan fingerprint density at radius 3 is 3.00 bits per heavy atom. The highest BCUT2D eigenvalue weighted by atomic mass is 32.1. The SMILES string of the molecule is CNCc1c(N(C)C2CCCCC2C)nc2sccn12. The first-order valence-electron chi connectivity index (χ1n) is 7.54. The molecule has 2 unspecified atom stereocenters. The van der Waals surface area contributed by atoms with E-state index in [0.29, 0.717) is 6.04 Å². The van der Waals surface area contributed by atoms with Crippen molar-refractivity contribution in [2.75, 3.05) is 19.0 Å². The van der Waals surface area contributed by atoms with Crippen molar-refractivity contribution in [3.05, 3.63) is 17.3 Å². The first-order chi connectivity index (χ1) is 9.72. The predicted octanol–water partition coefficient (Wildman–Crippen LogP) is 3.13. The highest BCUT2D eigenvalue weighted by molar-refractivity contribution is 7.15. The second-order valence-corrected chi connectivity index (χ2v) is 6.78. The summed E-state index contributed by atoms with van der Waals surface area (Å²) in [7, 11) is 4.22. The van der Waals surface area contributed by atoms with Crippen LogP contribution in [0.4, 0.5) is 5.82 Å². The van der Waals surface area contributed by atoms with E-state index < -0.39 is 0 Å². The van der Waals surface area contributed by atoms with Crippen molar-refractivity contribution in [3.63, 3.8) is 0 Å². The lowest BCUT2D eigenvalue weighted by Gasteiger charge is -2.37. The lowest BCUT2D eigenvalue weighted by molar-refractivity contribution is 0.320. The van der Waals surface area contributed by atoms with Gasteiger partial charge in [-0.25, -0.2) is 4.98 Å². The van der Waals surface area contributed by atoms with E-state index >= 15 is 0 Å². The molecule has 2 heterocycles. The van der Waals surface area contributed by atoms with Gasteiger partial charge in [-0.1, -0.05) is 19.8 Å². The van der Waals surface area contributed by atoms with E-state index in [0.717, 1.165) is 23.2 Å². The number of rotatable bonds is 4. The molecule has 4 nitrogen and oxygen atoms in total. The molecule has 0 aliphatic heterocycles. The maximum absolute atomic E-state index is 4.87. The average molecular weight is 292 g/mol. The zero-order valence-corrected chi connectivity index (χ0v) is 13.4. The Hall–Kier alpha value is -1.07. The number of nitrogens with zero attached hydrogens (tertiary/aromatic N) is 3. The van der Waals surface area contributed by atoms with Crippen molar-refractivity contribution in [1.29, 1.82) is 0 Å². The number of hydrogen-bond donors (Lipinski definition) is 1. The third-order valence-corrected chi connectivity index (χ3v) is 5.34. The summed E-state index contributed by atoms with van der Waals surface area (Å²) in [5, 5.41) is 5.38. The molecule has 2 aromatic heterocycles. The van der Waals surface area contributed by atoms with Crippen LogP contribution < -0.4 is 10.2 Å². The summed E-state index contributed by atoms with van der Waals surface area (Å²) >= 11 is 1.71. The summed E-state index contributed by atoms with van der Waals surface area (Å²) in [6.45, 7) is 3.25. The second-order valence-electron chi connectivity index (χ2n) is 5.91. The van der Waals surface area contributed by atoms with Gasteiger partial charge in [0.25, 0.3) is 0 Å². The van der Waals surface area contributed by atoms with Gasteiger partial charge in [-0.3, -0.25) is 4.40 Å². The number of anilines is 1. The number of nitrogens with one attached hydrogen (secondary N) is 1. The van der Waals surface area contributed by atoms with Gasteiger partial charge in [0.15, 0.2) is 10.8 Å². The molecule has 1 fully saturated rings. The first-order valence-corrected chi connectivity index (χ1v) is 8.42. The summed E-state index contributed by atoms with van der Waals surface area (Å²) in [4.78, 5) is 8.39. The number of thiazole rings is 1. The van der Waals surface area contributed by atoms with E-state index in [1.807, 2.05) is 7.05 Å². The Bertz CT molecular complexity index is 573. The molecule has 0 spiro atoms. The van der Waals surface area contributed by atoms with Crippen LogP contribution in [0.2, 0.25) is 0 Å². The van der Waals surface area contributed by atoms with Gasteiger partial charge in [0.1, 0.15) is 0 Å². The summed E-state index contributed by atoms with van der Waals surface area (Å²) < 4.78 is 2.22. The molecule has 1 aliphatic rings. The molecule has 1 aliphatic carbocycles. The van der Waals surface area contributed by atoms with Crippen molar-refractivity contribution in [2.24, 2.45) is 5.92 Å². The predicted molar refractivity (Wildman–Crippen MR) is 85.7 cm³/mol. The van der Waals surface area contributed by atoms with Crippen LogP contribution in [0.1, 0.15) is 38.3 Å². The van der Waals surface area contributed by atoms with E-state index in [9.17, 15) is 0 Å². The minimum Gasteiger partial charge on any atom is -0.355 e. The number of imidazole rings is 1. The molecule has 0 saturated heterocycles. The van der Waals surface area contributed by atoms with Gasteiger partial charge in [0, 0.05) is 31.2 Å². The highest BCUT2D eigenvalue weighted by Gasteiger charge is 2.28. The smallest absolute Gasteiger partial charge is 0.195 e. The normalized spacial score (nSPS) is 23.4. The van der Waals surface area contributed by atoms with E-state index in [2.05, 4.69) is 40.2 Å². The monoisotopic (exact) mass is 292 g/mol. The van der Waals surface area contributed by atoms with E-state index in [-0.39, 0.29) is 0 Å². The van der Waals surface area contributed by atoms with Crippen molar-refractivity contribution in [1.82, 2.24) is 14.7 Å². The first kappa shape index (κ1) is 13.9. The van der Waals surface area contributed by atoms with Gasteiger partial charge >= 0.3 is 0 Å². The maximum atomic E-state index is 4.87. The minimum absolute atomic E-state index is 0.629. The molecule has 110 valence electrons. The molecule has 5 heteroatoms. The van der Waals surface area contributed by atoms with Gasteiger partial charge in [-0.15, -0.1) is 11.3 Å². The Morgan fingerprint density at radius 1 is 1.45 bits per heavy atom. The Balaban J connectivity index is 1.95. The van der Waals surface area contributed by atoms with Gasteiger partial charge < -0.3 is 10.2 Å². The number of fused-ring (bicyclic) bond motifs is 1. The van der Waals surface area contributed by atoms with Crippen LogP contribution in [0.25, 0.3) is 4.96 Å². The molecule has 2 aromatic rings. The molecule has 0 amide bonds. The van der Waals surface area contributed by atoms with E-state index in [4.69, 9.17) is 4.98 Å². The molecular formula is C15H24N4S. The van der Waals surface area contributed by atoms with Crippen LogP contribution >= 0.6 is 11.3 Å². The molecule has 1 N–H and O–H groups in total. The van der Waals surface area contributed by atoms with Gasteiger partial charge in [-0.2, -0.15) is 0 Å².